The fourth-order valence-corrected chi connectivity index (χ4v) is 1.93. The van der Waals surface area contributed by atoms with Gasteiger partial charge in [0.05, 0.1) is 6.10 Å². The van der Waals surface area contributed by atoms with E-state index in [0.29, 0.717) is 32.0 Å². The van der Waals surface area contributed by atoms with E-state index in [9.17, 15) is 9.59 Å². The van der Waals surface area contributed by atoms with E-state index < -0.39 is 11.8 Å². The lowest BCUT2D eigenvalue weighted by Crippen LogP contribution is -2.42. The van der Waals surface area contributed by atoms with Gasteiger partial charge in [0.25, 0.3) is 0 Å². The second-order valence-electron chi connectivity index (χ2n) is 5.66. The Balaban J connectivity index is 3.76. The summed E-state index contributed by atoms with van der Waals surface area (Å²) < 4.78 is 5.36. The van der Waals surface area contributed by atoms with E-state index in [4.69, 9.17) is 4.74 Å². The van der Waals surface area contributed by atoms with Gasteiger partial charge in [0.15, 0.2) is 0 Å². The Kier molecular flexibility index (Phi) is 12.0. The molecule has 21 heavy (non-hydrogen) atoms. The van der Waals surface area contributed by atoms with E-state index in [1.807, 2.05) is 13.8 Å². The van der Waals surface area contributed by atoms with Crippen molar-refractivity contribution in [3.63, 3.8) is 0 Å². The van der Waals surface area contributed by atoms with Crippen LogP contribution in [0.25, 0.3) is 0 Å². The van der Waals surface area contributed by atoms with Crippen LogP contribution in [0.15, 0.2) is 0 Å². The number of amides is 2. The first-order valence-electron chi connectivity index (χ1n) is 8.18. The van der Waals surface area contributed by atoms with Crippen LogP contribution in [0.3, 0.4) is 0 Å². The zero-order valence-electron chi connectivity index (χ0n) is 14.0. The van der Waals surface area contributed by atoms with Crippen LogP contribution in [-0.4, -0.2) is 37.6 Å². The third kappa shape index (κ3) is 11.3. The maximum absolute atomic E-state index is 11.7. The lowest BCUT2D eigenvalue weighted by atomic mass is 9.99. The molecule has 5 heteroatoms. The molecule has 0 saturated heterocycles. The molecule has 1 atom stereocenters. The third-order valence-electron chi connectivity index (χ3n) is 3.36. The topological polar surface area (TPSA) is 67.4 Å². The molecule has 0 unspecified atom stereocenters. The Morgan fingerprint density at radius 2 is 1.71 bits per heavy atom. The average Bonchev–Trinajstić information content (AvgIpc) is 2.46. The van der Waals surface area contributed by atoms with E-state index >= 15 is 0 Å². The SMILES string of the molecule is CCCC[C@@H](CC)CNC(=O)C(=O)NCCCOC(C)C. The molecule has 0 aromatic heterocycles. The number of hydrogen-bond donors (Lipinski definition) is 2. The van der Waals surface area contributed by atoms with Crippen LogP contribution < -0.4 is 10.6 Å². The highest BCUT2D eigenvalue weighted by Crippen LogP contribution is 2.10. The van der Waals surface area contributed by atoms with Crippen molar-refractivity contribution >= 4 is 11.8 Å². The number of carbonyl (C=O) groups is 2. The van der Waals surface area contributed by atoms with Crippen molar-refractivity contribution in [1.29, 1.82) is 0 Å². The van der Waals surface area contributed by atoms with Crippen molar-refractivity contribution in [2.75, 3.05) is 19.7 Å². The fraction of sp³-hybridized carbons (Fsp3) is 0.875. The average molecular weight is 300 g/mol. The zero-order valence-corrected chi connectivity index (χ0v) is 14.0. The minimum atomic E-state index is -0.551. The Labute approximate surface area is 129 Å². The molecule has 2 amide bonds. The standard InChI is InChI=1S/C16H32N2O3/c1-5-7-9-14(6-2)12-18-16(20)15(19)17-10-8-11-21-13(3)4/h13-14H,5-12H2,1-4H3,(H,17,19)(H,18,20)/t14-/m1/s1. The van der Waals surface area contributed by atoms with Crippen molar-refractivity contribution < 1.29 is 14.3 Å². The highest BCUT2D eigenvalue weighted by molar-refractivity contribution is 6.35. The minimum absolute atomic E-state index is 0.193. The van der Waals surface area contributed by atoms with Crippen LogP contribution in [0.4, 0.5) is 0 Å². The largest absolute Gasteiger partial charge is 0.379 e. The molecule has 0 saturated carbocycles. The van der Waals surface area contributed by atoms with Gasteiger partial charge in [-0.2, -0.15) is 0 Å². The van der Waals surface area contributed by atoms with Crippen molar-refractivity contribution in [3.05, 3.63) is 0 Å². The van der Waals surface area contributed by atoms with E-state index in [2.05, 4.69) is 24.5 Å². The fourth-order valence-electron chi connectivity index (χ4n) is 1.93. The van der Waals surface area contributed by atoms with Crippen LogP contribution >= 0.6 is 0 Å². The van der Waals surface area contributed by atoms with Gasteiger partial charge < -0.3 is 15.4 Å². The van der Waals surface area contributed by atoms with Crippen molar-refractivity contribution in [3.8, 4) is 0 Å². The van der Waals surface area contributed by atoms with Crippen LogP contribution in [0.5, 0.6) is 0 Å². The lowest BCUT2D eigenvalue weighted by molar-refractivity contribution is -0.139. The lowest BCUT2D eigenvalue weighted by Gasteiger charge is -2.15. The Morgan fingerprint density at radius 1 is 1.05 bits per heavy atom. The number of nitrogens with one attached hydrogen (secondary N) is 2. The highest BCUT2D eigenvalue weighted by atomic mass is 16.5. The van der Waals surface area contributed by atoms with Crippen LogP contribution in [-0.2, 0) is 14.3 Å². The molecule has 0 aromatic carbocycles. The third-order valence-corrected chi connectivity index (χ3v) is 3.36. The molecule has 5 nitrogen and oxygen atoms in total. The van der Waals surface area contributed by atoms with Gasteiger partial charge in [0, 0.05) is 19.7 Å². The Morgan fingerprint density at radius 3 is 2.29 bits per heavy atom. The molecule has 0 spiro atoms. The van der Waals surface area contributed by atoms with Crippen LogP contribution in [0.1, 0.15) is 59.8 Å². The first kappa shape index (κ1) is 19.9. The summed E-state index contributed by atoms with van der Waals surface area (Å²) in [6, 6.07) is 0. The smallest absolute Gasteiger partial charge is 0.309 e. The summed E-state index contributed by atoms with van der Waals surface area (Å²) in [5.41, 5.74) is 0. The molecule has 0 aliphatic rings. The van der Waals surface area contributed by atoms with Crippen molar-refractivity contribution in [1.82, 2.24) is 10.6 Å². The highest BCUT2D eigenvalue weighted by Gasteiger charge is 2.14. The number of unbranched alkanes of at least 4 members (excludes halogenated alkanes) is 1. The molecule has 2 N–H and O–H groups in total. The van der Waals surface area contributed by atoms with Gasteiger partial charge in [-0.1, -0.05) is 33.1 Å². The second kappa shape index (κ2) is 12.6. The first-order valence-corrected chi connectivity index (χ1v) is 8.18. The van der Waals surface area contributed by atoms with Crippen LogP contribution in [0, 0.1) is 5.92 Å². The van der Waals surface area contributed by atoms with E-state index in [1.54, 1.807) is 0 Å². The van der Waals surface area contributed by atoms with Gasteiger partial charge in [-0.15, -0.1) is 0 Å². The summed E-state index contributed by atoms with van der Waals surface area (Å²) in [7, 11) is 0. The molecular formula is C16H32N2O3. The number of rotatable bonds is 11. The molecule has 0 radical (unpaired) electrons. The second-order valence-corrected chi connectivity index (χ2v) is 5.66. The first-order chi connectivity index (χ1) is 10.0. The molecule has 0 aliphatic heterocycles. The van der Waals surface area contributed by atoms with Gasteiger partial charge in [-0.05, 0) is 32.6 Å². The summed E-state index contributed by atoms with van der Waals surface area (Å²) in [5, 5.41) is 5.33. The van der Waals surface area contributed by atoms with Crippen molar-refractivity contribution in [2.24, 2.45) is 5.92 Å². The summed E-state index contributed by atoms with van der Waals surface area (Å²) >= 11 is 0. The molecule has 0 rings (SSSR count). The predicted octanol–water partition coefficient (Wildman–Crippen LogP) is 2.25. The summed E-state index contributed by atoms with van der Waals surface area (Å²) in [6.45, 7) is 9.84. The minimum Gasteiger partial charge on any atom is -0.379 e. The van der Waals surface area contributed by atoms with E-state index in [-0.39, 0.29) is 6.10 Å². The number of ether oxygens (including phenoxy) is 1. The molecule has 0 heterocycles. The molecule has 0 aliphatic carbocycles. The number of hydrogen-bond acceptors (Lipinski definition) is 3. The maximum atomic E-state index is 11.7. The normalized spacial score (nSPS) is 12.2. The Hall–Kier alpha value is -1.10. The van der Waals surface area contributed by atoms with E-state index in [0.717, 1.165) is 25.7 Å². The summed E-state index contributed by atoms with van der Waals surface area (Å²) in [6.07, 6.45) is 5.35. The van der Waals surface area contributed by atoms with Crippen molar-refractivity contribution in [2.45, 2.75) is 65.9 Å². The van der Waals surface area contributed by atoms with Gasteiger partial charge in [-0.25, -0.2) is 0 Å². The molecule has 0 bridgehead atoms. The number of carbonyl (C=O) groups excluding carboxylic acids is 2. The van der Waals surface area contributed by atoms with Crippen LogP contribution in [0.2, 0.25) is 0 Å². The predicted molar refractivity (Wildman–Crippen MR) is 85.0 cm³/mol. The molecule has 0 aromatic rings. The quantitative estimate of drug-likeness (QED) is 0.454. The van der Waals surface area contributed by atoms with Gasteiger partial charge in [0.2, 0.25) is 0 Å². The molecule has 0 fully saturated rings. The van der Waals surface area contributed by atoms with Gasteiger partial charge in [-0.3, -0.25) is 9.59 Å². The van der Waals surface area contributed by atoms with Gasteiger partial charge in [0.1, 0.15) is 0 Å². The Bertz CT molecular complexity index is 293. The monoisotopic (exact) mass is 300 g/mol. The summed E-state index contributed by atoms with van der Waals surface area (Å²) in [4.78, 5) is 23.2. The summed E-state index contributed by atoms with van der Waals surface area (Å²) in [5.74, 6) is -0.624. The van der Waals surface area contributed by atoms with E-state index in [1.165, 1.54) is 0 Å². The zero-order chi connectivity index (χ0) is 16.1. The molecule has 124 valence electrons. The molecular weight excluding hydrogens is 268 g/mol. The maximum Gasteiger partial charge on any atom is 0.309 e. The van der Waals surface area contributed by atoms with Gasteiger partial charge >= 0.3 is 11.8 Å².